The molecule has 3 heterocycles. The Bertz CT molecular complexity index is 2390. The maximum Gasteiger partial charge on any atom is 0.494 e. The summed E-state index contributed by atoms with van der Waals surface area (Å²) in [4.78, 5) is 9.59. The van der Waals surface area contributed by atoms with E-state index in [0.29, 0.717) is 17.0 Å². The standard InChI is InChI=1S/C39H32BN3O4/c1-38(2)39(3,4)47-40(46-38)27-18-20-32-30(22-27)35-26(13-10-16-33(35)44-32)23-42-37(24-11-6-5-7-12-24)43-36(41)25-17-19-29-28-14-8-9-15-31(28)45-34(29)21-25/h5-23,41H,1-4H3. The molecular weight excluding hydrogens is 585 g/mol. The lowest BCUT2D eigenvalue weighted by atomic mass is 9.78. The Morgan fingerprint density at radius 3 is 2.13 bits per heavy atom. The number of aliphatic imine (C=N–C) groups is 2. The summed E-state index contributed by atoms with van der Waals surface area (Å²) in [6, 6.07) is 35.3. The topological polar surface area (TPSA) is 93.3 Å². The Kier molecular flexibility index (Phi) is 6.75. The van der Waals surface area contributed by atoms with Gasteiger partial charge in [0.25, 0.3) is 0 Å². The van der Waals surface area contributed by atoms with E-state index in [-0.39, 0.29) is 5.84 Å². The average Bonchev–Trinajstić information content (AvgIpc) is 3.70. The Morgan fingerprint density at radius 2 is 1.32 bits per heavy atom. The van der Waals surface area contributed by atoms with Crippen LogP contribution in [0.4, 0.5) is 0 Å². The summed E-state index contributed by atoms with van der Waals surface area (Å²) in [6.45, 7) is 8.21. The Balaban J connectivity index is 1.18. The third-order valence-corrected chi connectivity index (χ3v) is 9.30. The van der Waals surface area contributed by atoms with Crippen molar-refractivity contribution < 1.29 is 18.1 Å². The summed E-state index contributed by atoms with van der Waals surface area (Å²) in [5, 5.41) is 12.9. The lowest BCUT2D eigenvalue weighted by Gasteiger charge is -2.32. The predicted octanol–water partition coefficient (Wildman–Crippen LogP) is 8.68. The van der Waals surface area contributed by atoms with Crippen LogP contribution in [0.1, 0.15) is 44.4 Å². The lowest BCUT2D eigenvalue weighted by Crippen LogP contribution is -2.41. The molecule has 0 saturated carbocycles. The molecule has 0 bridgehead atoms. The van der Waals surface area contributed by atoms with Gasteiger partial charge in [-0.3, -0.25) is 5.41 Å². The molecule has 8 rings (SSSR count). The normalized spacial score (nSPS) is 16.3. The summed E-state index contributed by atoms with van der Waals surface area (Å²) >= 11 is 0. The first-order chi connectivity index (χ1) is 22.7. The van der Waals surface area contributed by atoms with Crippen molar-refractivity contribution in [3.63, 3.8) is 0 Å². The Labute approximate surface area is 272 Å². The minimum absolute atomic E-state index is 0.0855. The van der Waals surface area contributed by atoms with Crippen molar-refractivity contribution in [2.75, 3.05) is 0 Å². The third kappa shape index (κ3) is 5.06. The minimum atomic E-state index is -0.489. The van der Waals surface area contributed by atoms with Gasteiger partial charge in [0.05, 0.1) is 11.2 Å². The van der Waals surface area contributed by atoms with Gasteiger partial charge in [0.2, 0.25) is 0 Å². The predicted molar refractivity (Wildman–Crippen MR) is 191 cm³/mol. The molecule has 0 amide bonds. The number of nitrogens with zero attached hydrogens (tertiary/aromatic N) is 2. The van der Waals surface area contributed by atoms with E-state index in [0.717, 1.165) is 54.9 Å². The molecule has 0 aliphatic carbocycles. The van der Waals surface area contributed by atoms with E-state index in [1.54, 1.807) is 6.21 Å². The second-order valence-electron chi connectivity index (χ2n) is 12.9. The van der Waals surface area contributed by atoms with Crippen LogP contribution in [0.15, 0.2) is 128 Å². The molecular formula is C39H32BN3O4. The summed E-state index contributed by atoms with van der Waals surface area (Å²) in [5.41, 5.74) is 5.38. The molecule has 0 atom stereocenters. The first-order valence-electron chi connectivity index (χ1n) is 15.7. The zero-order valence-electron chi connectivity index (χ0n) is 26.6. The molecule has 8 heteroatoms. The van der Waals surface area contributed by atoms with Crippen molar-refractivity contribution in [3.8, 4) is 0 Å². The van der Waals surface area contributed by atoms with Crippen LogP contribution in [0.5, 0.6) is 0 Å². The smallest absolute Gasteiger partial charge is 0.456 e. The van der Waals surface area contributed by atoms with Crippen molar-refractivity contribution in [3.05, 3.63) is 126 Å². The zero-order chi connectivity index (χ0) is 32.3. The number of fused-ring (bicyclic) bond motifs is 6. The fourth-order valence-electron chi connectivity index (χ4n) is 6.03. The van der Waals surface area contributed by atoms with E-state index < -0.39 is 18.3 Å². The van der Waals surface area contributed by atoms with Crippen molar-refractivity contribution in [1.82, 2.24) is 0 Å². The van der Waals surface area contributed by atoms with Gasteiger partial charge >= 0.3 is 7.12 Å². The van der Waals surface area contributed by atoms with E-state index in [2.05, 4.69) is 33.8 Å². The van der Waals surface area contributed by atoms with Crippen LogP contribution in [-0.4, -0.2) is 36.2 Å². The summed E-state index contributed by atoms with van der Waals surface area (Å²) in [6.07, 6.45) is 1.79. The molecule has 47 heavy (non-hydrogen) atoms. The highest BCUT2D eigenvalue weighted by Gasteiger charge is 2.51. The van der Waals surface area contributed by atoms with Crippen molar-refractivity contribution in [2.45, 2.75) is 38.9 Å². The highest BCUT2D eigenvalue weighted by atomic mass is 16.7. The van der Waals surface area contributed by atoms with Crippen LogP contribution in [0, 0.1) is 5.41 Å². The number of nitrogens with one attached hydrogen (secondary N) is 1. The van der Waals surface area contributed by atoms with Gasteiger partial charge in [-0.2, -0.15) is 0 Å². The molecule has 1 aliphatic heterocycles. The Hall–Kier alpha value is -5.31. The van der Waals surface area contributed by atoms with Crippen LogP contribution in [0.2, 0.25) is 0 Å². The van der Waals surface area contributed by atoms with Crippen LogP contribution < -0.4 is 5.46 Å². The summed E-state index contributed by atoms with van der Waals surface area (Å²) in [5.74, 6) is 0.505. The van der Waals surface area contributed by atoms with Crippen molar-refractivity contribution in [1.29, 1.82) is 5.41 Å². The molecule has 1 saturated heterocycles. The van der Waals surface area contributed by atoms with E-state index in [4.69, 9.17) is 33.5 Å². The molecule has 1 aliphatic rings. The number of benzene rings is 5. The maximum atomic E-state index is 8.94. The van der Waals surface area contributed by atoms with Crippen LogP contribution >= 0.6 is 0 Å². The van der Waals surface area contributed by atoms with Gasteiger partial charge in [0.1, 0.15) is 22.3 Å². The monoisotopic (exact) mass is 617 g/mol. The van der Waals surface area contributed by atoms with Crippen LogP contribution in [0.3, 0.4) is 0 Å². The van der Waals surface area contributed by atoms with Gasteiger partial charge in [0, 0.05) is 44.4 Å². The first kappa shape index (κ1) is 29.1. The summed E-state index contributed by atoms with van der Waals surface area (Å²) in [7, 11) is -0.489. The van der Waals surface area contributed by atoms with Crippen molar-refractivity contribution >= 4 is 74.3 Å². The number of hydrogen-bond acceptors (Lipinski definition) is 5. The first-order valence-corrected chi connectivity index (χ1v) is 15.7. The third-order valence-electron chi connectivity index (χ3n) is 9.30. The molecule has 2 aromatic heterocycles. The molecule has 1 N–H and O–H groups in total. The number of rotatable bonds is 4. The molecule has 7 aromatic rings. The van der Waals surface area contributed by atoms with Crippen molar-refractivity contribution in [2.24, 2.45) is 9.98 Å². The van der Waals surface area contributed by atoms with Gasteiger partial charge in [-0.15, -0.1) is 0 Å². The highest BCUT2D eigenvalue weighted by Crippen LogP contribution is 2.37. The Morgan fingerprint density at radius 1 is 0.638 bits per heavy atom. The SMILES string of the molecule is CC1(C)OB(c2ccc3oc4cccc(C=NC(=NC(=N)c5ccc6c(c5)oc5ccccc56)c5ccccc5)c4c3c2)OC1(C)C. The van der Waals surface area contributed by atoms with Crippen LogP contribution in [-0.2, 0) is 9.31 Å². The second-order valence-corrected chi connectivity index (χ2v) is 12.9. The minimum Gasteiger partial charge on any atom is -0.456 e. The molecule has 5 aromatic carbocycles. The fourth-order valence-corrected chi connectivity index (χ4v) is 6.03. The summed E-state index contributed by atoms with van der Waals surface area (Å²) < 4.78 is 25.0. The molecule has 1 fully saturated rings. The van der Waals surface area contributed by atoms with E-state index in [1.807, 2.05) is 103 Å². The van der Waals surface area contributed by atoms with Gasteiger partial charge in [-0.1, -0.05) is 78.9 Å². The van der Waals surface area contributed by atoms with Gasteiger partial charge in [-0.25, -0.2) is 9.98 Å². The molecule has 0 unspecified atom stereocenters. The number of amidine groups is 2. The molecule has 230 valence electrons. The quantitative estimate of drug-likeness (QED) is 0.122. The van der Waals surface area contributed by atoms with E-state index >= 15 is 0 Å². The highest BCUT2D eigenvalue weighted by molar-refractivity contribution is 6.62. The fraction of sp³-hybridized carbons (Fsp3) is 0.154. The zero-order valence-corrected chi connectivity index (χ0v) is 26.6. The molecule has 0 spiro atoms. The lowest BCUT2D eigenvalue weighted by molar-refractivity contribution is 0.00578. The van der Waals surface area contributed by atoms with Gasteiger partial charge in [0.15, 0.2) is 11.7 Å². The average molecular weight is 618 g/mol. The number of para-hydroxylation sites is 1. The second kappa shape index (κ2) is 10.9. The number of furan rings is 2. The van der Waals surface area contributed by atoms with Gasteiger partial charge in [-0.05, 0) is 63.5 Å². The number of hydrogen-bond donors (Lipinski definition) is 1. The maximum absolute atomic E-state index is 8.94. The molecule has 0 radical (unpaired) electrons. The largest absolute Gasteiger partial charge is 0.494 e. The van der Waals surface area contributed by atoms with Crippen LogP contribution in [0.25, 0.3) is 43.9 Å². The van der Waals surface area contributed by atoms with Gasteiger partial charge < -0.3 is 18.1 Å². The van der Waals surface area contributed by atoms with E-state index in [1.165, 1.54) is 0 Å². The van der Waals surface area contributed by atoms with E-state index in [9.17, 15) is 0 Å². The molecule has 7 nitrogen and oxygen atoms in total.